The van der Waals surface area contributed by atoms with Crippen molar-refractivity contribution < 1.29 is 18.3 Å². The largest absolute Gasteiger partial charge is 0.378 e. The van der Waals surface area contributed by atoms with Gasteiger partial charge in [-0.1, -0.05) is 0 Å². The molecule has 1 aromatic rings. The summed E-state index contributed by atoms with van der Waals surface area (Å²) in [7, 11) is 1.55. The zero-order valence-corrected chi connectivity index (χ0v) is 9.63. The van der Waals surface area contributed by atoms with Gasteiger partial charge in [-0.05, 0) is 37.5 Å². The minimum Gasteiger partial charge on any atom is -0.378 e. The van der Waals surface area contributed by atoms with E-state index in [0.717, 1.165) is 37.5 Å². The van der Waals surface area contributed by atoms with Gasteiger partial charge in [0.05, 0.1) is 11.2 Å². The first kappa shape index (κ1) is 12.2. The molecule has 0 bridgehead atoms. The second kappa shape index (κ2) is 4.53. The molecule has 1 aliphatic rings. The maximum atomic E-state index is 13.4. The van der Waals surface area contributed by atoms with E-state index in [1.54, 1.807) is 7.11 Å². The van der Waals surface area contributed by atoms with Crippen LogP contribution in [0.25, 0.3) is 0 Å². The van der Waals surface area contributed by atoms with Gasteiger partial charge in [0.2, 0.25) is 0 Å². The van der Waals surface area contributed by atoms with Crippen molar-refractivity contribution in [2.75, 3.05) is 7.11 Å². The number of rotatable bonds is 4. The van der Waals surface area contributed by atoms with Crippen LogP contribution in [-0.4, -0.2) is 18.5 Å². The Morgan fingerprint density at radius 3 is 2.65 bits per heavy atom. The molecule has 0 spiro atoms. The molecule has 1 saturated carbocycles. The summed E-state index contributed by atoms with van der Waals surface area (Å²) < 4.78 is 31.7. The molecule has 2 rings (SSSR count). The Hall–Kier alpha value is -1.29. The highest BCUT2D eigenvalue weighted by Crippen LogP contribution is 2.38. The summed E-state index contributed by atoms with van der Waals surface area (Å²) in [5.41, 5.74) is -0.649. The van der Waals surface area contributed by atoms with Gasteiger partial charge in [-0.15, -0.1) is 0 Å². The van der Waals surface area contributed by atoms with Gasteiger partial charge in [0.25, 0.3) is 0 Å². The summed E-state index contributed by atoms with van der Waals surface area (Å²) in [4.78, 5) is 11.9. The summed E-state index contributed by atoms with van der Waals surface area (Å²) in [6, 6.07) is 2.92. The molecule has 0 N–H and O–H groups in total. The average molecular weight is 240 g/mol. The van der Waals surface area contributed by atoms with Crippen LogP contribution in [0.3, 0.4) is 0 Å². The van der Waals surface area contributed by atoms with E-state index in [1.165, 1.54) is 0 Å². The van der Waals surface area contributed by atoms with E-state index in [1.807, 2.05) is 0 Å². The second-order valence-electron chi connectivity index (χ2n) is 4.46. The fourth-order valence-electron chi connectivity index (χ4n) is 2.12. The molecule has 1 fully saturated rings. The van der Waals surface area contributed by atoms with Gasteiger partial charge in [-0.2, -0.15) is 0 Å². The van der Waals surface area contributed by atoms with Crippen LogP contribution < -0.4 is 0 Å². The van der Waals surface area contributed by atoms with E-state index < -0.39 is 23.0 Å². The van der Waals surface area contributed by atoms with Crippen LogP contribution in [0.4, 0.5) is 8.78 Å². The normalized spacial score (nSPS) is 17.6. The van der Waals surface area contributed by atoms with Crippen LogP contribution in [0.1, 0.15) is 36.0 Å². The third kappa shape index (κ3) is 2.36. The number of Topliss-reactive ketones (excluding diaryl/α,β-unsaturated/α-hetero) is 1. The van der Waals surface area contributed by atoms with Crippen molar-refractivity contribution in [3.63, 3.8) is 0 Å². The van der Waals surface area contributed by atoms with E-state index >= 15 is 0 Å². The van der Waals surface area contributed by atoms with Gasteiger partial charge in [0.1, 0.15) is 11.6 Å². The Morgan fingerprint density at radius 1 is 1.41 bits per heavy atom. The fourth-order valence-corrected chi connectivity index (χ4v) is 2.12. The standard InChI is InChI=1S/C13H14F2O2/c1-17-13(5-2-6-13)8-12(16)10-7-9(14)3-4-11(10)15/h3-4,7H,2,5-6,8H2,1H3. The molecule has 1 aromatic carbocycles. The predicted octanol–water partition coefficient (Wildman–Crippen LogP) is 3.11. The molecule has 0 saturated heterocycles. The number of halogens is 2. The smallest absolute Gasteiger partial charge is 0.168 e. The van der Waals surface area contributed by atoms with Crippen molar-refractivity contribution in [1.82, 2.24) is 0 Å². The lowest BCUT2D eigenvalue weighted by Gasteiger charge is -2.40. The number of carbonyl (C=O) groups excluding carboxylic acids is 1. The van der Waals surface area contributed by atoms with Crippen molar-refractivity contribution in [3.8, 4) is 0 Å². The molecule has 4 heteroatoms. The Labute approximate surface area is 98.6 Å². The number of hydrogen-bond acceptors (Lipinski definition) is 2. The van der Waals surface area contributed by atoms with Crippen LogP contribution in [-0.2, 0) is 4.74 Å². The van der Waals surface area contributed by atoms with E-state index in [0.29, 0.717) is 0 Å². The quantitative estimate of drug-likeness (QED) is 0.756. The van der Waals surface area contributed by atoms with E-state index in [4.69, 9.17) is 4.74 Å². The zero-order valence-electron chi connectivity index (χ0n) is 9.63. The number of ether oxygens (including phenoxy) is 1. The Kier molecular flexibility index (Phi) is 3.24. The predicted molar refractivity (Wildman–Crippen MR) is 58.9 cm³/mol. The van der Waals surface area contributed by atoms with Crippen LogP contribution in [0, 0.1) is 11.6 Å². The summed E-state index contributed by atoms with van der Waals surface area (Å²) in [5.74, 6) is -1.68. The van der Waals surface area contributed by atoms with E-state index in [9.17, 15) is 13.6 Å². The summed E-state index contributed by atoms with van der Waals surface area (Å²) in [6.45, 7) is 0. The summed E-state index contributed by atoms with van der Waals surface area (Å²) in [6.07, 6.45) is 2.72. The van der Waals surface area contributed by atoms with Gasteiger partial charge in [-0.3, -0.25) is 4.79 Å². The van der Waals surface area contributed by atoms with Crippen LogP contribution >= 0.6 is 0 Å². The molecule has 0 amide bonds. The molecular weight excluding hydrogens is 226 g/mol. The molecule has 0 aromatic heterocycles. The minimum absolute atomic E-state index is 0.115. The molecule has 0 atom stereocenters. The van der Waals surface area contributed by atoms with Gasteiger partial charge >= 0.3 is 0 Å². The monoisotopic (exact) mass is 240 g/mol. The van der Waals surface area contributed by atoms with Gasteiger partial charge in [-0.25, -0.2) is 8.78 Å². The minimum atomic E-state index is -0.679. The van der Waals surface area contributed by atoms with Crippen molar-refractivity contribution in [1.29, 1.82) is 0 Å². The van der Waals surface area contributed by atoms with Crippen LogP contribution in [0.5, 0.6) is 0 Å². The third-order valence-electron chi connectivity index (χ3n) is 3.41. The second-order valence-corrected chi connectivity index (χ2v) is 4.46. The topological polar surface area (TPSA) is 26.3 Å². The van der Waals surface area contributed by atoms with Gasteiger partial charge < -0.3 is 4.74 Å². The Bertz CT molecular complexity index is 434. The SMILES string of the molecule is COC1(CC(=O)c2cc(F)ccc2F)CCC1. The number of benzene rings is 1. The maximum Gasteiger partial charge on any atom is 0.168 e. The Balaban J connectivity index is 2.17. The average Bonchev–Trinajstić information content (AvgIpc) is 2.26. The summed E-state index contributed by atoms with van der Waals surface area (Å²) >= 11 is 0. The molecule has 17 heavy (non-hydrogen) atoms. The van der Waals surface area contributed by atoms with Crippen LogP contribution in [0.15, 0.2) is 18.2 Å². The van der Waals surface area contributed by atoms with Crippen molar-refractivity contribution >= 4 is 5.78 Å². The highest BCUT2D eigenvalue weighted by Gasteiger charge is 2.39. The van der Waals surface area contributed by atoms with Crippen molar-refractivity contribution in [2.45, 2.75) is 31.3 Å². The highest BCUT2D eigenvalue weighted by molar-refractivity contribution is 5.97. The maximum absolute atomic E-state index is 13.4. The molecule has 0 unspecified atom stereocenters. The first-order chi connectivity index (χ1) is 8.06. The Morgan fingerprint density at radius 2 is 2.12 bits per heavy atom. The van der Waals surface area contributed by atoms with Gasteiger partial charge in [0, 0.05) is 13.5 Å². The fraction of sp³-hybridized carbons (Fsp3) is 0.462. The zero-order chi connectivity index (χ0) is 12.5. The lowest BCUT2D eigenvalue weighted by atomic mass is 9.76. The number of carbonyl (C=O) groups is 1. The van der Waals surface area contributed by atoms with Crippen LogP contribution in [0.2, 0.25) is 0 Å². The summed E-state index contributed by atoms with van der Waals surface area (Å²) in [5, 5.41) is 0. The number of methoxy groups -OCH3 is 1. The van der Waals surface area contributed by atoms with Crippen molar-refractivity contribution in [3.05, 3.63) is 35.4 Å². The molecule has 2 nitrogen and oxygen atoms in total. The van der Waals surface area contributed by atoms with Gasteiger partial charge in [0.15, 0.2) is 5.78 Å². The lowest BCUT2D eigenvalue weighted by molar-refractivity contribution is -0.0705. The molecule has 1 aliphatic carbocycles. The molecular formula is C13H14F2O2. The first-order valence-electron chi connectivity index (χ1n) is 5.60. The number of hydrogen-bond donors (Lipinski definition) is 0. The molecule has 0 heterocycles. The highest BCUT2D eigenvalue weighted by atomic mass is 19.1. The molecule has 92 valence electrons. The first-order valence-corrected chi connectivity index (χ1v) is 5.60. The molecule has 0 radical (unpaired) electrons. The lowest BCUT2D eigenvalue weighted by Crippen LogP contribution is -2.41. The third-order valence-corrected chi connectivity index (χ3v) is 3.41. The van der Waals surface area contributed by atoms with Crippen molar-refractivity contribution in [2.24, 2.45) is 0 Å². The van der Waals surface area contributed by atoms with E-state index in [-0.39, 0.29) is 12.0 Å². The number of ketones is 1. The molecule has 0 aliphatic heterocycles. The van der Waals surface area contributed by atoms with E-state index in [2.05, 4.69) is 0 Å².